The zero-order valence-corrected chi connectivity index (χ0v) is 9.64. The Morgan fingerprint density at radius 1 is 1.38 bits per heavy atom. The number of ether oxygens (including phenoxy) is 1. The molecule has 0 saturated heterocycles. The van der Waals surface area contributed by atoms with Gasteiger partial charge in [0.1, 0.15) is 0 Å². The van der Waals surface area contributed by atoms with Gasteiger partial charge in [-0.3, -0.25) is 0 Å². The second-order valence-electron chi connectivity index (χ2n) is 4.37. The Morgan fingerprint density at radius 3 is 2.94 bits per heavy atom. The summed E-state index contributed by atoms with van der Waals surface area (Å²) in [6, 6.07) is 0. The molecule has 90 valence electrons. The Hall–Kier alpha value is -0.870. The van der Waals surface area contributed by atoms with Gasteiger partial charge in [-0.1, -0.05) is 19.3 Å². The third kappa shape index (κ3) is 3.06. The van der Waals surface area contributed by atoms with Crippen LogP contribution in [0.2, 0.25) is 0 Å². The third-order valence-corrected chi connectivity index (χ3v) is 3.20. The molecular weight excluding hydrogens is 204 g/mol. The number of aliphatic hydroxyl groups is 1. The van der Waals surface area contributed by atoms with Gasteiger partial charge in [-0.2, -0.15) is 0 Å². The van der Waals surface area contributed by atoms with E-state index < -0.39 is 0 Å². The van der Waals surface area contributed by atoms with Crippen molar-refractivity contribution in [2.24, 2.45) is 0 Å². The van der Waals surface area contributed by atoms with Crippen LogP contribution in [0.15, 0.2) is 12.5 Å². The quantitative estimate of drug-likeness (QED) is 0.828. The van der Waals surface area contributed by atoms with Crippen LogP contribution in [0.4, 0.5) is 0 Å². The molecule has 1 aliphatic rings. The average Bonchev–Trinajstić information content (AvgIpc) is 2.78. The maximum absolute atomic E-state index is 9.05. The van der Waals surface area contributed by atoms with E-state index in [2.05, 4.69) is 4.98 Å². The fraction of sp³-hybridized carbons (Fsp3) is 0.750. The van der Waals surface area contributed by atoms with Crippen molar-refractivity contribution in [3.05, 3.63) is 18.2 Å². The molecule has 1 aliphatic carbocycles. The normalized spacial score (nSPS) is 17.8. The van der Waals surface area contributed by atoms with E-state index in [0.717, 1.165) is 12.2 Å². The van der Waals surface area contributed by atoms with Crippen LogP contribution in [-0.2, 0) is 17.9 Å². The monoisotopic (exact) mass is 224 g/mol. The second-order valence-corrected chi connectivity index (χ2v) is 4.37. The van der Waals surface area contributed by atoms with E-state index in [1.807, 2.05) is 4.57 Å². The van der Waals surface area contributed by atoms with Crippen molar-refractivity contribution < 1.29 is 9.84 Å². The van der Waals surface area contributed by atoms with Gasteiger partial charge in [0, 0.05) is 6.54 Å². The van der Waals surface area contributed by atoms with Crippen LogP contribution in [0.3, 0.4) is 0 Å². The van der Waals surface area contributed by atoms with Crippen molar-refractivity contribution in [2.75, 3.05) is 6.61 Å². The number of hydrogen-bond donors (Lipinski definition) is 1. The highest BCUT2D eigenvalue weighted by Gasteiger charge is 2.13. The van der Waals surface area contributed by atoms with E-state index in [9.17, 15) is 0 Å². The maximum atomic E-state index is 9.05. The van der Waals surface area contributed by atoms with Crippen LogP contribution < -0.4 is 0 Å². The lowest BCUT2D eigenvalue weighted by Gasteiger charge is -2.22. The largest absolute Gasteiger partial charge is 0.390 e. The highest BCUT2D eigenvalue weighted by atomic mass is 16.5. The van der Waals surface area contributed by atoms with Crippen LogP contribution in [0.25, 0.3) is 0 Å². The molecule has 0 aliphatic heterocycles. The number of aliphatic hydroxyl groups excluding tert-OH is 1. The molecule has 16 heavy (non-hydrogen) atoms. The number of rotatable bonds is 5. The maximum Gasteiger partial charge on any atom is 0.0949 e. The number of hydrogen-bond acceptors (Lipinski definition) is 3. The summed E-state index contributed by atoms with van der Waals surface area (Å²) in [5.74, 6) is 0. The molecule has 1 aromatic heterocycles. The lowest BCUT2D eigenvalue weighted by atomic mass is 9.98. The fourth-order valence-corrected chi connectivity index (χ4v) is 2.23. The van der Waals surface area contributed by atoms with Crippen molar-refractivity contribution in [1.29, 1.82) is 0 Å². The predicted molar refractivity (Wildman–Crippen MR) is 61.0 cm³/mol. The Bertz CT molecular complexity index is 306. The van der Waals surface area contributed by atoms with E-state index in [-0.39, 0.29) is 6.61 Å². The molecule has 4 heteroatoms. The van der Waals surface area contributed by atoms with E-state index in [1.54, 1.807) is 12.5 Å². The molecule has 0 atom stereocenters. The van der Waals surface area contributed by atoms with Gasteiger partial charge in [-0.15, -0.1) is 0 Å². The van der Waals surface area contributed by atoms with Crippen molar-refractivity contribution in [3.8, 4) is 0 Å². The first-order valence-electron chi connectivity index (χ1n) is 6.11. The molecule has 0 spiro atoms. The molecule has 0 aromatic carbocycles. The molecule has 1 saturated carbocycles. The molecule has 1 fully saturated rings. The molecule has 0 amide bonds. The van der Waals surface area contributed by atoms with Crippen LogP contribution >= 0.6 is 0 Å². The Morgan fingerprint density at radius 2 is 2.19 bits per heavy atom. The molecule has 1 aromatic rings. The summed E-state index contributed by atoms with van der Waals surface area (Å²) in [7, 11) is 0. The molecule has 2 rings (SSSR count). The Balaban J connectivity index is 1.71. The fourth-order valence-electron chi connectivity index (χ4n) is 2.23. The van der Waals surface area contributed by atoms with Crippen molar-refractivity contribution in [1.82, 2.24) is 9.55 Å². The van der Waals surface area contributed by atoms with Gasteiger partial charge in [0.05, 0.1) is 37.5 Å². The summed E-state index contributed by atoms with van der Waals surface area (Å²) < 4.78 is 7.77. The first-order chi connectivity index (χ1) is 7.90. The van der Waals surface area contributed by atoms with Crippen LogP contribution in [0, 0.1) is 0 Å². The average molecular weight is 224 g/mol. The first kappa shape index (κ1) is 11.6. The lowest BCUT2D eigenvalue weighted by molar-refractivity contribution is 0.0235. The van der Waals surface area contributed by atoms with Gasteiger partial charge in [-0.25, -0.2) is 4.98 Å². The van der Waals surface area contributed by atoms with Gasteiger partial charge in [-0.05, 0) is 12.8 Å². The molecular formula is C12H20N2O2. The SMILES string of the molecule is OCc1cncn1CCOC1CCCCC1. The van der Waals surface area contributed by atoms with E-state index in [1.165, 1.54) is 32.1 Å². The van der Waals surface area contributed by atoms with Gasteiger partial charge in [0.2, 0.25) is 0 Å². The van der Waals surface area contributed by atoms with Crippen LogP contribution in [0.5, 0.6) is 0 Å². The Labute approximate surface area is 96.3 Å². The molecule has 1 N–H and O–H groups in total. The highest BCUT2D eigenvalue weighted by Crippen LogP contribution is 2.20. The summed E-state index contributed by atoms with van der Waals surface area (Å²) in [6.45, 7) is 1.55. The minimum Gasteiger partial charge on any atom is -0.390 e. The predicted octanol–water partition coefficient (Wildman–Crippen LogP) is 1.72. The summed E-state index contributed by atoms with van der Waals surface area (Å²) in [5.41, 5.74) is 0.854. The molecule has 0 radical (unpaired) electrons. The van der Waals surface area contributed by atoms with Crippen molar-refractivity contribution in [3.63, 3.8) is 0 Å². The summed E-state index contributed by atoms with van der Waals surface area (Å²) in [6.07, 6.45) is 10.3. The van der Waals surface area contributed by atoms with Gasteiger partial charge < -0.3 is 14.4 Å². The summed E-state index contributed by atoms with van der Waals surface area (Å²) in [5, 5.41) is 9.05. The van der Waals surface area contributed by atoms with E-state index >= 15 is 0 Å². The van der Waals surface area contributed by atoms with E-state index in [0.29, 0.717) is 12.7 Å². The Kier molecular flexibility index (Phi) is 4.36. The van der Waals surface area contributed by atoms with Gasteiger partial charge in [0.15, 0.2) is 0 Å². The minimum absolute atomic E-state index is 0.0451. The summed E-state index contributed by atoms with van der Waals surface area (Å²) in [4.78, 5) is 4.01. The highest BCUT2D eigenvalue weighted by molar-refractivity contribution is 4.95. The first-order valence-corrected chi connectivity index (χ1v) is 6.11. The molecule has 4 nitrogen and oxygen atoms in total. The number of nitrogens with zero attached hydrogens (tertiary/aromatic N) is 2. The zero-order chi connectivity index (χ0) is 11.2. The molecule has 0 bridgehead atoms. The van der Waals surface area contributed by atoms with Crippen molar-refractivity contribution >= 4 is 0 Å². The smallest absolute Gasteiger partial charge is 0.0949 e. The number of imidazole rings is 1. The minimum atomic E-state index is 0.0451. The summed E-state index contributed by atoms with van der Waals surface area (Å²) >= 11 is 0. The standard InChI is InChI=1S/C12H20N2O2/c15-9-11-8-13-10-14(11)6-7-16-12-4-2-1-3-5-12/h8,10,12,15H,1-7,9H2. The lowest BCUT2D eigenvalue weighted by Crippen LogP contribution is -2.19. The number of aromatic nitrogens is 2. The molecule has 0 unspecified atom stereocenters. The van der Waals surface area contributed by atoms with Crippen molar-refractivity contribution in [2.45, 2.75) is 51.4 Å². The topological polar surface area (TPSA) is 47.3 Å². The zero-order valence-electron chi connectivity index (χ0n) is 9.64. The van der Waals surface area contributed by atoms with Gasteiger partial charge in [0.25, 0.3) is 0 Å². The molecule has 1 heterocycles. The van der Waals surface area contributed by atoms with Crippen LogP contribution in [0.1, 0.15) is 37.8 Å². The third-order valence-electron chi connectivity index (χ3n) is 3.20. The van der Waals surface area contributed by atoms with Gasteiger partial charge >= 0.3 is 0 Å². The van der Waals surface area contributed by atoms with Crippen LogP contribution in [-0.4, -0.2) is 27.4 Å². The second kappa shape index (κ2) is 6.01. The van der Waals surface area contributed by atoms with E-state index in [4.69, 9.17) is 9.84 Å².